The van der Waals surface area contributed by atoms with Gasteiger partial charge in [-0.2, -0.15) is 0 Å². The molecule has 15 amide bonds. The molecule has 72 heavy (non-hydrogen) atoms. The molecule has 0 spiro atoms. The van der Waals surface area contributed by atoms with Gasteiger partial charge in [0.05, 0.1) is 85.1 Å². The summed E-state index contributed by atoms with van der Waals surface area (Å²) in [5, 5.41) is 29.8. The maximum absolute atomic E-state index is 12.9. The number of hydrogen-bond donors (Lipinski definition) is 13. The van der Waals surface area contributed by atoms with Gasteiger partial charge in [0.25, 0.3) is 0 Å². The summed E-state index contributed by atoms with van der Waals surface area (Å²) in [6.07, 6.45) is 3.62. The maximum atomic E-state index is 12.9. The predicted octanol–water partition coefficient (Wildman–Crippen LogP) is -10.1. The third-order valence-electron chi connectivity index (χ3n) is 10.2. The predicted molar refractivity (Wildman–Crippen MR) is 244 cm³/mol. The van der Waals surface area contributed by atoms with Gasteiger partial charge in [0.15, 0.2) is 0 Å². The number of aldehydes is 1. The average Bonchev–Trinajstić information content (AvgIpc) is 4.08. The summed E-state index contributed by atoms with van der Waals surface area (Å²) in [6, 6.07) is -1.93. The van der Waals surface area contributed by atoms with Gasteiger partial charge < -0.3 is 83.7 Å². The van der Waals surface area contributed by atoms with Gasteiger partial charge in [0, 0.05) is 19.5 Å². The molecule has 13 N–H and O–H groups in total. The van der Waals surface area contributed by atoms with Crippen molar-refractivity contribution >= 4 is 94.9 Å². The zero-order valence-electron chi connectivity index (χ0n) is 39.7. The third kappa shape index (κ3) is 24.8. The first kappa shape index (κ1) is 59.8. The molecule has 0 aromatic rings. The number of nitrogens with one attached hydrogen (secondary N) is 13. The summed E-state index contributed by atoms with van der Waals surface area (Å²) in [6.45, 7) is -4.07. The highest BCUT2D eigenvalue weighted by molar-refractivity contribution is 5.96. The lowest BCUT2D eigenvalue weighted by atomic mass is 10.2. The van der Waals surface area contributed by atoms with E-state index < -0.39 is 167 Å². The van der Waals surface area contributed by atoms with Crippen LogP contribution < -0.4 is 69.1 Å². The van der Waals surface area contributed by atoms with Gasteiger partial charge in [-0.1, -0.05) is 13.3 Å². The standard InChI is InChI=1S/C41H63N15O16/c1-2-3-8-27(58)43-14-29(60)45-16-31(62)47-19-34(65)51-23-38(69)55-10-5-7-26(55)41(72)54-22-37(68)50-18-33(64)48-20-35(66)52-24-39(70)56-11-4-6-25(56)40(71)53-21-36(67)49-17-32(63)46-15-30(61)44-13-28(59)42-9-12-57/h12,25-26H,2-11,13-24H2,1H3,(H,42,59)(H,43,58)(H,44,61)(H,45,60)(H,46,63)(H,47,62)(H,48,64)(H,49,67)(H,50,68)(H,51,65)(H,52,66)(H,53,71)(H,54,72)/t25-,26-/m0/s1. The highest BCUT2D eigenvalue weighted by atomic mass is 16.2. The van der Waals surface area contributed by atoms with Crippen LogP contribution in [0.15, 0.2) is 0 Å². The van der Waals surface area contributed by atoms with Gasteiger partial charge in [0.2, 0.25) is 88.6 Å². The van der Waals surface area contributed by atoms with Gasteiger partial charge >= 0.3 is 0 Å². The highest BCUT2D eigenvalue weighted by Crippen LogP contribution is 2.18. The first-order valence-corrected chi connectivity index (χ1v) is 22.8. The van der Waals surface area contributed by atoms with Crippen molar-refractivity contribution in [3.63, 3.8) is 0 Å². The Kier molecular flexibility index (Phi) is 27.7. The van der Waals surface area contributed by atoms with Crippen LogP contribution in [-0.2, 0) is 76.7 Å². The molecule has 2 fully saturated rings. The molecule has 31 heteroatoms. The van der Waals surface area contributed by atoms with Gasteiger partial charge in [-0.3, -0.25) is 71.9 Å². The highest BCUT2D eigenvalue weighted by Gasteiger charge is 2.35. The molecule has 2 aliphatic heterocycles. The van der Waals surface area contributed by atoms with E-state index in [0.717, 1.165) is 6.42 Å². The monoisotopic (exact) mass is 1020 g/mol. The van der Waals surface area contributed by atoms with Gasteiger partial charge in [-0.25, -0.2) is 0 Å². The van der Waals surface area contributed by atoms with Crippen LogP contribution in [0.1, 0.15) is 51.9 Å². The van der Waals surface area contributed by atoms with E-state index in [9.17, 15) is 76.7 Å². The normalized spacial score (nSPS) is 14.5. The molecule has 0 radical (unpaired) electrons. The number of likely N-dealkylation sites (tertiary alicyclic amines) is 2. The smallest absolute Gasteiger partial charge is 0.243 e. The minimum absolute atomic E-state index is 0.171. The van der Waals surface area contributed by atoms with Crippen molar-refractivity contribution in [1.82, 2.24) is 78.9 Å². The Labute approximate surface area is 412 Å². The van der Waals surface area contributed by atoms with Crippen LogP contribution in [0.3, 0.4) is 0 Å². The van der Waals surface area contributed by atoms with Crippen molar-refractivity contribution in [3.05, 3.63) is 0 Å². The number of unbranched alkanes of at least 4 members (excludes halogenated alkanes) is 1. The topological polar surface area (TPSA) is 436 Å². The van der Waals surface area contributed by atoms with Crippen LogP contribution in [-0.4, -0.2) is 215 Å². The molecule has 0 aromatic heterocycles. The molecule has 2 saturated heterocycles. The molecule has 0 aromatic carbocycles. The van der Waals surface area contributed by atoms with Crippen molar-refractivity contribution in [2.75, 3.05) is 98.2 Å². The number of hydrogen-bond acceptors (Lipinski definition) is 16. The first-order valence-electron chi connectivity index (χ1n) is 22.8. The lowest BCUT2D eigenvalue weighted by molar-refractivity contribution is -0.139. The molecule has 0 bridgehead atoms. The van der Waals surface area contributed by atoms with Crippen LogP contribution in [0, 0.1) is 0 Å². The lowest BCUT2D eigenvalue weighted by Gasteiger charge is -2.24. The molecular formula is C41H63N15O16. The summed E-state index contributed by atoms with van der Waals surface area (Å²) in [5.41, 5.74) is 0. The average molecular weight is 1020 g/mol. The molecule has 31 nitrogen and oxygen atoms in total. The second-order valence-corrected chi connectivity index (χ2v) is 15.8. The number of carbonyl (C=O) groups is 16. The minimum Gasteiger partial charge on any atom is -0.348 e. The Balaban J connectivity index is 1.60. The fourth-order valence-electron chi connectivity index (χ4n) is 6.43. The number of rotatable bonds is 31. The fourth-order valence-corrected chi connectivity index (χ4v) is 6.43. The molecule has 398 valence electrons. The van der Waals surface area contributed by atoms with Crippen molar-refractivity contribution in [2.45, 2.75) is 64.0 Å². The molecule has 2 aliphatic rings. The first-order chi connectivity index (χ1) is 34.3. The Hall–Kier alpha value is -8.28. The van der Waals surface area contributed by atoms with Crippen LogP contribution in [0.5, 0.6) is 0 Å². The molecule has 0 unspecified atom stereocenters. The Morgan fingerprint density at radius 3 is 0.931 bits per heavy atom. The summed E-state index contributed by atoms with van der Waals surface area (Å²) in [7, 11) is 0. The van der Waals surface area contributed by atoms with E-state index in [1.807, 2.05) is 6.92 Å². The third-order valence-corrected chi connectivity index (χ3v) is 10.2. The van der Waals surface area contributed by atoms with E-state index >= 15 is 0 Å². The largest absolute Gasteiger partial charge is 0.348 e. The van der Waals surface area contributed by atoms with E-state index in [4.69, 9.17) is 0 Å². The Morgan fingerprint density at radius 2 is 0.639 bits per heavy atom. The lowest BCUT2D eigenvalue weighted by Crippen LogP contribution is -2.52. The second-order valence-electron chi connectivity index (χ2n) is 15.8. The molecule has 2 heterocycles. The van der Waals surface area contributed by atoms with Gasteiger partial charge in [-0.05, 0) is 32.1 Å². The van der Waals surface area contributed by atoms with Gasteiger partial charge in [-0.15, -0.1) is 0 Å². The van der Waals surface area contributed by atoms with Gasteiger partial charge in [0.1, 0.15) is 18.4 Å². The summed E-state index contributed by atoms with van der Waals surface area (Å²) in [5.74, 6) is -10.1. The Morgan fingerprint density at radius 1 is 0.375 bits per heavy atom. The van der Waals surface area contributed by atoms with Crippen LogP contribution in [0.4, 0.5) is 0 Å². The van der Waals surface area contributed by atoms with E-state index in [1.54, 1.807) is 0 Å². The van der Waals surface area contributed by atoms with Crippen LogP contribution >= 0.6 is 0 Å². The van der Waals surface area contributed by atoms with Crippen molar-refractivity contribution in [3.8, 4) is 0 Å². The van der Waals surface area contributed by atoms with E-state index in [-0.39, 0.29) is 51.3 Å². The SMILES string of the molecule is CCCCC(=O)NCC(=O)NCC(=O)NCC(=O)NCC(=O)N1CCC[C@H]1C(=O)NCC(=O)NCC(=O)NCC(=O)NCC(=O)N1CCC[C@H]1C(=O)NCC(=O)NCC(=O)NCC(=O)NCC(=O)NCC=O. The van der Waals surface area contributed by atoms with Crippen molar-refractivity contribution in [1.29, 1.82) is 0 Å². The summed E-state index contributed by atoms with van der Waals surface area (Å²) >= 11 is 0. The molecule has 0 saturated carbocycles. The number of amides is 15. The number of carbonyl (C=O) groups excluding carboxylic acids is 16. The van der Waals surface area contributed by atoms with Crippen molar-refractivity contribution in [2.24, 2.45) is 0 Å². The Bertz CT molecular complexity index is 2040. The van der Waals surface area contributed by atoms with Crippen LogP contribution in [0.25, 0.3) is 0 Å². The number of nitrogens with zero attached hydrogens (tertiary/aromatic N) is 2. The molecule has 2 atom stereocenters. The second kappa shape index (κ2) is 33.3. The van der Waals surface area contributed by atoms with Crippen molar-refractivity contribution < 1.29 is 76.7 Å². The van der Waals surface area contributed by atoms with E-state index in [2.05, 4.69) is 69.1 Å². The van der Waals surface area contributed by atoms with Crippen LogP contribution in [0.2, 0.25) is 0 Å². The zero-order chi connectivity index (χ0) is 53.4. The minimum atomic E-state index is -0.967. The molecular weight excluding hydrogens is 959 g/mol. The maximum Gasteiger partial charge on any atom is 0.243 e. The zero-order valence-corrected chi connectivity index (χ0v) is 39.7. The van der Waals surface area contributed by atoms with E-state index in [0.29, 0.717) is 25.5 Å². The van der Waals surface area contributed by atoms with E-state index in [1.165, 1.54) is 9.80 Å². The fraction of sp³-hybridized carbons (Fsp3) is 0.610. The summed E-state index contributed by atoms with van der Waals surface area (Å²) in [4.78, 5) is 196. The molecule has 0 aliphatic carbocycles. The quantitative estimate of drug-likeness (QED) is 0.0287. The summed E-state index contributed by atoms with van der Waals surface area (Å²) < 4.78 is 0. The molecule has 2 rings (SSSR count).